The molecule has 2 aromatic heterocycles. The minimum absolute atomic E-state index is 0.253. The molecule has 2 N–H and O–H groups in total. The minimum Gasteiger partial charge on any atom is -0.330 e. The maximum absolute atomic E-state index is 5.67. The molecule has 1 atom stereocenters. The molecule has 0 aliphatic heterocycles. The van der Waals surface area contributed by atoms with Crippen LogP contribution >= 0.6 is 15.9 Å². The van der Waals surface area contributed by atoms with Gasteiger partial charge in [-0.2, -0.15) is 5.10 Å². The highest BCUT2D eigenvalue weighted by Crippen LogP contribution is 2.16. The molecular formula is C10H13BrN4. The average molecular weight is 269 g/mol. The van der Waals surface area contributed by atoms with Crippen molar-refractivity contribution in [3.63, 3.8) is 0 Å². The summed E-state index contributed by atoms with van der Waals surface area (Å²) in [5, 5.41) is 4.41. The Hall–Kier alpha value is -0.940. The SMILES string of the molecule is CCC(CN)c1nc2ccc(Br)cn2n1. The molecule has 0 spiro atoms. The molecule has 80 valence electrons. The van der Waals surface area contributed by atoms with Crippen LogP contribution in [0.15, 0.2) is 22.8 Å². The molecule has 0 aliphatic rings. The van der Waals surface area contributed by atoms with Crippen molar-refractivity contribution in [1.29, 1.82) is 0 Å². The summed E-state index contributed by atoms with van der Waals surface area (Å²) in [7, 11) is 0. The van der Waals surface area contributed by atoms with Crippen LogP contribution in [0.4, 0.5) is 0 Å². The number of fused-ring (bicyclic) bond motifs is 1. The lowest BCUT2D eigenvalue weighted by Crippen LogP contribution is -2.13. The van der Waals surface area contributed by atoms with Crippen molar-refractivity contribution in [2.75, 3.05) is 6.54 Å². The molecule has 0 bridgehead atoms. The Labute approximate surface area is 96.6 Å². The fraction of sp³-hybridized carbons (Fsp3) is 0.400. The highest BCUT2D eigenvalue weighted by molar-refractivity contribution is 9.10. The van der Waals surface area contributed by atoms with Crippen molar-refractivity contribution in [2.45, 2.75) is 19.3 Å². The topological polar surface area (TPSA) is 56.2 Å². The highest BCUT2D eigenvalue weighted by atomic mass is 79.9. The zero-order chi connectivity index (χ0) is 10.8. The summed E-state index contributed by atoms with van der Waals surface area (Å²) in [5.74, 6) is 1.08. The summed E-state index contributed by atoms with van der Waals surface area (Å²) in [6, 6.07) is 3.89. The van der Waals surface area contributed by atoms with Gasteiger partial charge in [-0.25, -0.2) is 9.50 Å². The lowest BCUT2D eigenvalue weighted by molar-refractivity contribution is 0.629. The van der Waals surface area contributed by atoms with Gasteiger partial charge >= 0.3 is 0 Å². The lowest BCUT2D eigenvalue weighted by Gasteiger charge is -2.05. The van der Waals surface area contributed by atoms with Crippen LogP contribution in [0, 0.1) is 0 Å². The summed E-state index contributed by atoms with van der Waals surface area (Å²) in [6.45, 7) is 2.69. The van der Waals surface area contributed by atoms with E-state index in [1.165, 1.54) is 0 Å². The number of halogens is 1. The zero-order valence-corrected chi connectivity index (χ0v) is 10.1. The number of hydrogen-bond donors (Lipinski definition) is 1. The molecule has 0 aromatic carbocycles. The monoisotopic (exact) mass is 268 g/mol. The van der Waals surface area contributed by atoms with Crippen molar-refractivity contribution in [2.24, 2.45) is 5.73 Å². The summed E-state index contributed by atoms with van der Waals surface area (Å²) < 4.78 is 2.77. The Kier molecular flexibility index (Phi) is 3.02. The quantitative estimate of drug-likeness (QED) is 0.926. The first-order valence-electron chi connectivity index (χ1n) is 4.96. The van der Waals surface area contributed by atoms with Crippen LogP contribution in [-0.4, -0.2) is 21.1 Å². The van der Waals surface area contributed by atoms with Gasteiger partial charge in [-0.1, -0.05) is 6.92 Å². The van der Waals surface area contributed by atoms with Crippen LogP contribution in [0.3, 0.4) is 0 Å². The Bertz CT molecular complexity index is 461. The second-order valence-corrected chi connectivity index (χ2v) is 4.38. The minimum atomic E-state index is 0.253. The number of hydrogen-bond acceptors (Lipinski definition) is 3. The molecule has 0 radical (unpaired) electrons. The molecule has 0 amide bonds. The van der Waals surface area contributed by atoms with Crippen molar-refractivity contribution in [3.05, 3.63) is 28.6 Å². The third-order valence-electron chi connectivity index (χ3n) is 2.45. The van der Waals surface area contributed by atoms with Gasteiger partial charge < -0.3 is 5.73 Å². The van der Waals surface area contributed by atoms with Crippen LogP contribution < -0.4 is 5.73 Å². The summed E-state index contributed by atoms with van der Waals surface area (Å²) in [6.07, 6.45) is 2.86. The van der Waals surface area contributed by atoms with Gasteiger partial charge in [0.05, 0.1) is 0 Å². The number of nitrogens with two attached hydrogens (primary N) is 1. The predicted octanol–water partition coefficient (Wildman–Crippen LogP) is 1.94. The Morgan fingerprint density at radius 2 is 2.33 bits per heavy atom. The predicted molar refractivity (Wildman–Crippen MR) is 62.8 cm³/mol. The normalized spacial score (nSPS) is 13.3. The van der Waals surface area contributed by atoms with Gasteiger partial charge in [0.2, 0.25) is 0 Å². The van der Waals surface area contributed by atoms with Gasteiger partial charge in [-0.05, 0) is 34.5 Å². The zero-order valence-electron chi connectivity index (χ0n) is 8.52. The van der Waals surface area contributed by atoms with E-state index >= 15 is 0 Å². The van der Waals surface area contributed by atoms with Gasteiger partial charge in [0, 0.05) is 23.1 Å². The van der Waals surface area contributed by atoms with Crippen LogP contribution in [0.1, 0.15) is 25.1 Å². The van der Waals surface area contributed by atoms with Gasteiger partial charge in [0.15, 0.2) is 11.5 Å². The maximum Gasteiger partial charge on any atom is 0.156 e. The van der Waals surface area contributed by atoms with E-state index in [9.17, 15) is 0 Å². The van der Waals surface area contributed by atoms with Crippen LogP contribution in [0.25, 0.3) is 5.65 Å². The van der Waals surface area contributed by atoms with Gasteiger partial charge in [0.1, 0.15) is 0 Å². The molecule has 2 aromatic rings. The molecule has 15 heavy (non-hydrogen) atoms. The lowest BCUT2D eigenvalue weighted by atomic mass is 10.1. The molecular weight excluding hydrogens is 256 g/mol. The highest BCUT2D eigenvalue weighted by Gasteiger charge is 2.13. The van der Waals surface area contributed by atoms with Gasteiger partial charge in [0.25, 0.3) is 0 Å². The first-order valence-corrected chi connectivity index (χ1v) is 5.75. The van der Waals surface area contributed by atoms with Crippen LogP contribution in [0.5, 0.6) is 0 Å². The van der Waals surface area contributed by atoms with E-state index in [1.807, 2.05) is 18.3 Å². The molecule has 4 nitrogen and oxygen atoms in total. The fourth-order valence-corrected chi connectivity index (χ4v) is 1.83. The van der Waals surface area contributed by atoms with Crippen molar-refractivity contribution in [3.8, 4) is 0 Å². The van der Waals surface area contributed by atoms with E-state index in [0.717, 1.165) is 22.4 Å². The van der Waals surface area contributed by atoms with E-state index in [4.69, 9.17) is 5.73 Å². The molecule has 0 fully saturated rings. The molecule has 0 aliphatic carbocycles. The van der Waals surface area contributed by atoms with E-state index < -0.39 is 0 Å². The Morgan fingerprint density at radius 3 is 3.00 bits per heavy atom. The maximum atomic E-state index is 5.67. The average Bonchev–Trinajstić information content (AvgIpc) is 2.62. The van der Waals surface area contributed by atoms with Gasteiger partial charge in [-0.15, -0.1) is 0 Å². The summed E-state index contributed by atoms with van der Waals surface area (Å²) >= 11 is 3.40. The fourth-order valence-electron chi connectivity index (χ4n) is 1.50. The standard InChI is InChI=1S/C10H13BrN4/c1-2-7(5-12)10-13-9-4-3-8(11)6-15(9)14-10/h3-4,6-7H,2,5,12H2,1H3. The molecule has 0 saturated heterocycles. The summed E-state index contributed by atoms with van der Waals surface area (Å²) in [4.78, 5) is 4.45. The van der Waals surface area contributed by atoms with E-state index in [2.05, 4.69) is 32.9 Å². The van der Waals surface area contributed by atoms with Crippen LogP contribution in [-0.2, 0) is 0 Å². The van der Waals surface area contributed by atoms with Gasteiger partial charge in [-0.3, -0.25) is 0 Å². The third-order valence-corrected chi connectivity index (χ3v) is 2.92. The number of nitrogens with zero attached hydrogens (tertiary/aromatic N) is 3. The second kappa shape index (κ2) is 4.28. The smallest absolute Gasteiger partial charge is 0.156 e. The number of pyridine rings is 1. The molecule has 1 unspecified atom stereocenters. The van der Waals surface area contributed by atoms with E-state index in [-0.39, 0.29) is 5.92 Å². The van der Waals surface area contributed by atoms with Crippen molar-refractivity contribution >= 4 is 21.6 Å². The number of rotatable bonds is 3. The first-order chi connectivity index (χ1) is 7.24. The summed E-state index contributed by atoms with van der Waals surface area (Å²) in [5.41, 5.74) is 6.53. The Morgan fingerprint density at radius 1 is 1.53 bits per heavy atom. The van der Waals surface area contributed by atoms with E-state index in [0.29, 0.717) is 6.54 Å². The molecule has 5 heteroatoms. The molecule has 2 heterocycles. The van der Waals surface area contributed by atoms with Crippen LogP contribution in [0.2, 0.25) is 0 Å². The van der Waals surface area contributed by atoms with Crippen molar-refractivity contribution < 1.29 is 0 Å². The third kappa shape index (κ3) is 2.03. The second-order valence-electron chi connectivity index (χ2n) is 3.46. The largest absolute Gasteiger partial charge is 0.330 e. The molecule has 2 rings (SSSR count). The molecule has 0 saturated carbocycles. The Balaban J connectivity index is 2.46. The van der Waals surface area contributed by atoms with Crippen molar-refractivity contribution in [1.82, 2.24) is 14.6 Å². The van der Waals surface area contributed by atoms with E-state index in [1.54, 1.807) is 4.52 Å². The number of aromatic nitrogens is 3. The first kappa shape index (κ1) is 10.6.